The third kappa shape index (κ3) is 8.34. The summed E-state index contributed by atoms with van der Waals surface area (Å²) in [5, 5.41) is 5.42. The Balaban J connectivity index is 2.29. The molecule has 8 nitrogen and oxygen atoms in total. The molecule has 0 aromatic heterocycles. The molecule has 1 rings (SSSR count). The van der Waals surface area contributed by atoms with Crippen molar-refractivity contribution in [2.45, 2.75) is 40.5 Å². The minimum Gasteiger partial charge on any atom is -0.380 e. The number of carbonyl (C=O) groups is 4. The smallest absolute Gasteiger partial charge is 0.253 e. The van der Waals surface area contributed by atoms with Gasteiger partial charge in [-0.25, -0.2) is 0 Å². The minimum absolute atomic E-state index is 0.0275. The number of ether oxygens (including phenoxy) is 1. The lowest BCUT2D eigenvalue weighted by atomic mass is 9.89. The Morgan fingerprint density at radius 1 is 1.00 bits per heavy atom. The second kappa shape index (κ2) is 9.64. The van der Waals surface area contributed by atoms with Crippen molar-refractivity contribution in [3.63, 3.8) is 0 Å². The molecule has 0 aliphatic carbocycles. The SMILES string of the molecule is CNC(=O)CC(C)(C)COCC(C)(C)CNC(=O)CCN1C(=O)C=CC1=O. The highest BCUT2D eigenvalue weighted by Gasteiger charge is 2.26. The van der Waals surface area contributed by atoms with E-state index in [1.54, 1.807) is 7.05 Å². The first-order valence-corrected chi connectivity index (χ1v) is 9.04. The van der Waals surface area contributed by atoms with Crippen molar-refractivity contribution in [1.82, 2.24) is 15.5 Å². The Morgan fingerprint density at radius 3 is 2.11 bits per heavy atom. The lowest BCUT2D eigenvalue weighted by Gasteiger charge is -2.29. The van der Waals surface area contributed by atoms with Gasteiger partial charge < -0.3 is 15.4 Å². The van der Waals surface area contributed by atoms with Crippen LogP contribution in [0.25, 0.3) is 0 Å². The second-order valence-electron chi connectivity index (χ2n) is 8.36. The van der Waals surface area contributed by atoms with E-state index in [-0.39, 0.29) is 47.4 Å². The summed E-state index contributed by atoms with van der Waals surface area (Å²) < 4.78 is 5.77. The number of nitrogens with one attached hydrogen (secondary N) is 2. The fourth-order valence-electron chi connectivity index (χ4n) is 2.52. The average molecular weight is 381 g/mol. The van der Waals surface area contributed by atoms with Crippen LogP contribution in [0, 0.1) is 10.8 Å². The van der Waals surface area contributed by atoms with Crippen molar-refractivity contribution >= 4 is 23.6 Å². The van der Waals surface area contributed by atoms with Crippen LogP contribution in [0.3, 0.4) is 0 Å². The third-order valence-electron chi connectivity index (χ3n) is 4.13. The van der Waals surface area contributed by atoms with E-state index in [0.29, 0.717) is 26.2 Å². The van der Waals surface area contributed by atoms with Crippen LogP contribution in [-0.2, 0) is 23.9 Å². The van der Waals surface area contributed by atoms with E-state index in [2.05, 4.69) is 10.6 Å². The van der Waals surface area contributed by atoms with Gasteiger partial charge in [-0.15, -0.1) is 0 Å². The zero-order chi connectivity index (χ0) is 20.7. The molecule has 0 radical (unpaired) electrons. The molecule has 0 saturated carbocycles. The van der Waals surface area contributed by atoms with Crippen molar-refractivity contribution in [1.29, 1.82) is 0 Å². The summed E-state index contributed by atoms with van der Waals surface area (Å²) in [7, 11) is 1.61. The quantitative estimate of drug-likeness (QED) is 0.511. The van der Waals surface area contributed by atoms with Gasteiger partial charge in [0.15, 0.2) is 0 Å². The van der Waals surface area contributed by atoms with Gasteiger partial charge in [0, 0.05) is 50.5 Å². The van der Waals surface area contributed by atoms with Gasteiger partial charge in [-0.3, -0.25) is 24.1 Å². The van der Waals surface area contributed by atoms with Gasteiger partial charge in [0.1, 0.15) is 0 Å². The number of rotatable bonds is 11. The first-order chi connectivity index (χ1) is 12.5. The molecule has 2 N–H and O–H groups in total. The van der Waals surface area contributed by atoms with E-state index in [1.807, 2.05) is 27.7 Å². The molecule has 27 heavy (non-hydrogen) atoms. The minimum atomic E-state index is -0.388. The molecular formula is C19H31N3O5. The molecular weight excluding hydrogens is 350 g/mol. The predicted molar refractivity (Wildman–Crippen MR) is 101 cm³/mol. The normalized spacial score (nSPS) is 14.6. The van der Waals surface area contributed by atoms with E-state index < -0.39 is 0 Å². The van der Waals surface area contributed by atoms with Crippen molar-refractivity contribution in [2.24, 2.45) is 10.8 Å². The average Bonchev–Trinajstić information content (AvgIpc) is 2.88. The van der Waals surface area contributed by atoms with Crippen LogP contribution < -0.4 is 10.6 Å². The van der Waals surface area contributed by atoms with Gasteiger partial charge in [0.2, 0.25) is 11.8 Å². The fraction of sp³-hybridized carbons (Fsp3) is 0.684. The Bertz CT molecular complexity index is 592. The molecule has 0 aromatic carbocycles. The number of hydrogen-bond acceptors (Lipinski definition) is 5. The summed E-state index contributed by atoms with van der Waals surface area (Å²) in [4.78, 5) is 47.4. The summed E-state index contributed by atoms with van der Waals surface area (Å²) in [6, 6.07) is 0. The Hall–Kier alpha value is -2.22. The molecule has 0 bridgehead atoms. The van der Waals surface area contributed by atoms with Crippen LogP contribution in [0.2, 0.25) is 0 Å². The summed E-state index contributed by atoms with van der Waals surface area (Å²) in [6.45, 7) is 9.21. The van der Waals surface area contributed by atoms with E-state index in [4.69, 9.17) is 4.74 Å². The Morgan fingerprint density at radius 2 is 1.56 bits per heavy atom. The number of imide groups is 1. The van der Waals surface area contributed by atoms with Crippen LogP contribution >= 0.6 is 0 Å². The van der Waals surface area contributed by atoms with Crippen molar-refractivity contribution in [3.8, 4) is 0 Å². The van der Waals surface area contributed by atoms with Gasteiger partial charge in [0.25, 0.3) is 11.8 Å². The Kier molecular flexibility index (Phi) is 8.15. The number of hydrogen-bond donors (Lipinski definition) is 2. The van der Waals surface area contributed by atoms with Gasteiger partial charge >= 0.3 is 0 Å². The number of carbonyl (C=O) groups excluding carboxylic acids is 4. The zero-order valence-corrected chi connectivity index (χ0v) is 16.9. The monoisotopic (exact) mass is 381 g/mol. The highest BCUT2D eigenvalue weighted by atomic mass is 16.5. The third-order valence-corrected chi connectivity index (χ3v) is 4.13. The summed E-state index contributed by atoms with van der Waals surface area (Å²) in [5.74, 6) is -1.03. The zero-order valence-electron chi connectivity index (χ0n) is 16.9. The highest BCUT2D eigenvalue weighted by molar-refractivity contribution is 6.13. The molecule has 4 amide bonds. The second-order valence-corrected chi connectivity index (χ2v) is 8.36. The maximum Gasteiger partial charge on any atom is 0.253 e. The Labute approximate surface area is 160 Å². The topological polar surface area (TPSA) is 105 Å². The molecule has 0 atom stereocenters. The fourth-order valence-corrected chi connectivity index (χ4v) is 2.52. The molecule has 152 valence electrons. The van der Waals surface area contributed by atoms with Crippen molar-refractivity contribution in [3.05, 3.63) is 12.2 Å². The van der Waals surface area contributed by atoms with Gasteiger partial charge in [0.05, 0.1) is 13.2 Å². The van der Waals surface area contributed by atoms with Crippen LogP contribution in [0.4, 0.5) is 0 Å². The van der Waals surface area contributed by atoms with Crippen LogP contribution in [0.15, 0.2) is 12.2 Å². The molecule has 0 spiro atoms. The van der Waals surface area contributed by atoms with Gasteiger partial charge in [-0.1, -0.05) is 27.7 Å². The van der Waals surface area contributed by atoms with Crippen molar-refractivity contribution in [2.75, 3.05) is 33.4 Å². The lowest BCUT2D eigenvalue weighted by Crippen LogP contribution is -2.40. The van der Waals surface area contributed by atoms with E-state index in [0.717, 1.165) is 4.90 Å². The van der Waals surface area contributed by atoms with Gasteiger partial charge in [-0.05, 0) is 5.41 Å². The number of nitrogens with zero attached hydrogens (tertiary/aromatic N) is 1. The van der Waals surface area contributed by atoms with Crippen LogP contribution in [0.1, 0.15) is 40.5 Å². The molecule has 8 heteroatoms. The molecule has 0 saturated heterocycles. The van der Waals surface area contributed by atoms with Gasteiger partial charge in [-0.2, -0.15) is 0 Å². The molecule has 0 aromatic rings. The molecule has 0 unspecified atom stereocenters. The van der Waals surface area contributed by atoms with E-state index >= 15 is 0 Å². The molecule has 1 aliphatic rings. The van der Waals surface area contributed by atoms with Crippen molar-refractivity contribution < 1.29 is 23.9 Å². The van der Waals surface area contributed by atoms with E-state index in [1.165, 1.54) is 12.2 Å². The predicted octanol–water partition coefficient (Wildman–Crippen LogP) is 0.623. The first-order valence-electron chi connectivity index (χ1n) is 9.04. The lowest BCUT2D eigenvalue weighted by molar-refractivity contribution is -0.137. The highest BCUT2D eigenvalue weighted by Crippen LogP contribution is 2.22. The first kappa shape index (κ1) is 22.8. The van der Waals surface area contributed by atoms with Crippen LogP contribution in [-0.4, -0.2) is 61.9 Å². The maximum absolute atomic E-state index is 12.0. The number of amides is 4. The molecule has 0 fully saturated rings. The summed E-state index contributed by atoms with van der Waals surface area (Å²) in [5.41, 5.74) is -0.568. The van der Waals surface area contributed by atoms with E-state index in [9.17, 15) is 19.2 Å². The summed E-state index contributed by atoms with van der Waals surface area (Å²) >= 11 is 0. The standard InChI is InChI=1S/C19H31N3O5/c1-18(2,10-15(24)20-5)12-27-13-19(3,4)11-21-14(23)8-9-22-16(25)6-7-17(22)26/h6-7H,8-13H2,1-5H3,(H,20,24)(H,21,23). The largest absolute Gasteiger partial charge is 0.380 e. The maximum atomic E-state index is 12.0. The molecule has 1 heterocycles. The summed E-state index contributed by atoms with van der Waals surface area (Å²) in [6.07, 6.45) is 2.84. The molecule has 1 aliphatic heterocycles. The van der Waals surface area contributed by atoms with Crippen LogP contribution in [0.5, 0.6) is 0 Å².